The third-order valence-electron chi connectivity index (χ3n) is 3.36. The lowest BCUT2D eigenvalue weighted by Gasteiger charge is -2.14. The minimum absolute atomic E-state index is 0.0226. The lowest BCUT2D eigenvalue weighted by atomic mass is 10.0. The molecule has 0 bridgehead atoms. The second kappa shape index (κ2) is 7.41. The van der Waals surface area contributed by atoms with Gasteiger partial charge in [0.1, 0.15) is 6.61 Å². The monoisotopic (exact) mass is 297 g/mol. The van der Waals surface area contributed by atoms with Crippen LogP contribution in [0.5, 0.6) is 0 Å². The number of ketones is 1. The molecular formula is C18H19NO3. The van der Waals surface area contributed by atoms with E-state index in [2.05, 4.69) is 5.32 Å². The van der Waals surface area contributed by atoms with Gasteiger partial charge in [-0.15, -0.1) is 0 Å². The Morgan fingerprint density at radius 3 is 2.27 bits per heavy atom. The molecule has 1 atom stereocenters. The molecule has 1 N–H and O–H groups in total. The van der Waals surface area contributed by atoms with Crippen molar-refractivity contribution in [3.63, 3.8) is 0 Å². The summed E-state index contributed by atoms with van der Waals surface area (Å²) in [5.41, 5.74) is 2.51. The van der Waals surface area contributed by atoms with E-state index in [-0.39, 0.29) is 18.4 Å². The predicted molar refractivity (Wildman–Crippen MR) is 84.6 cm³/mol. The van der Waals surface area contributed by atoms with Crippen molar-refractivity contribution in [3.8, 4) is 0 Å². The molecule has 0 aromatic heterocycles. The summed E-state index contributed by atoms with van der Waals surface area (Å²) in [5.74, 6) is 0.0226. The van der Waals surface area contributed by atoms with Gasteiger partial charge in [0.05, 0.1) is 6.04 Å². The van der Waals surface area contributed by atoms with Gasteiger partial charge in [-0.2, -0.15) is 0 Å². The lowest BCUT2D eigenvalue weighted by molar-refractivity contribution is 0.101. The van der Waals surface area contributed by atoms with Crippen molar-refractivity contribution in [2.24, 2.45) is 0 Å². The van der Waals surface area contributed by atoms with Crippen molar-refractivity contribution in [2.45, 2.75) is 26.5 Å². The molecule has 2 aromatic carbocycles. The Balaban J connectivity index is 1.86. The molecule has 22 heavy (non-hydrogen) atoms. The number of hydrogen-bond donors (Lipinski definition) is 1. The van der Waals surface area contributed by atoms with Crippen LogP contribution in [0.3, 0.4) is 0 Å². The third kappa shape index (κ3) is 4.45. The Bertz CT molecular complexity index is 635. The van der Waals surface area contributed by atoms with Crippen LogP contribution in [0.1, 0.15) is 41.4 Å². The van der Waals surface area contributed by atoms with E-state index in [1.165, 1.54) is 6.92 Å². The van der Waals surface area contributed by atoms with Crippen molar-refractivity contribution in [1.29, 1.82) is 0 Å². The van der Waals surface area contributed by atoms with Gasteiger partial charge in [0, 0.05) is 5.56 Å². The molecular weight excluding hydrogens is 278 g/mol. The topological polar surface area (TPSA) is 55.4 Å². The maximum atomic E-state index is 11.8. The number of ether oxygens (including phenoxy) is 1. The molecule has 0 aliphatic heterocycles. The normalized spacial score (nSPS) is 11.5. The first-order valence-electron chi connectivity index (χ1n) is 7.14. The summed E-state index contributed by atoms with van der Waals surface area (Å²) >= 11 is 0. The van der Waals surface area contributed by atoms with E-state index in [4.69, 9.17) is 4.74 Å². The molecule has 0 aliphatic carbocycles. The smallest absolute Gasteiger partial charge is 0.407 e. The summed E-state index contributed by atoms with van der Waals surface area (Å²) in [6, 6.07) is 16.5. The molecule has 4 nitrogen and oxygen atoms in total. The third-order valence-corrected chi connectivity index (χ3v) is 3.36. The molecule has 0 radical (unpaired) electrons. The van der Waals surface area contributed by atoms with Crippen LogP contribution in [0.15, 0.2) is 54.6 Å². The second-order valence-electron chi connectivity index (χ2n) is 5.11. The average molecular weight is 297 g/mol. The standard InChI is InChI=1S/C18H19NO3/c1-13(16-8-10-17(11-9-16)14(2)20)19-18(21)22-12-15-6-4-3-5-7-15/h3-11,13H,12H2,1-2H3,(H,19,21)/t13-/m1/s1. The van der Waals surface area contributed by atoms with E-state index in [0.29, 0.717) is 5.56 Å². The number of alkyl carbamates (subject to hydrolysis) is 1. The van der Waals surface area contributed by atoms with Gasteiger partial charge in [0.2, 0.25) is 0 Å². The van der Waals surface area contributed by atoms with E-state index >= 15 is 0 Å². The first-order chi connectivity index (χ1) is 10.6. The van der Waals surface area contributed by atoms with Crippen molar-refractivity contribution >= 4 is 11.9 Å². The number of nitrogens with one attached hydrogen (secondary N) is 1. The second-order valence-corrected chi connectivity index (χ2v) is 5.11. The Morgan fingerprint density at radius 2 is 1.68 bits per heavy atom. The Kier molecular flexibility index (Phi) is 5.31. The molecule has 0 aliphatic rings. The van der Waals surface area contributed by atoms with E-state index in [1.54, 1.807) is 12.1 Å². The van der Waals surface area contributed by atoms with Gasteiger partial charge in [0.25, 0.3) is 0 Å². The van der Waals surface area contributed by atoms with Crippen LogP contribution in [0.4, 0.5) is 4.79 Å². The maximum Gasteiger partial charge on any atom is 0.407 e. The Labute approximate surface area is 130 Å². The summed E-state index contributed by atoms with van der Waals surface area (Å²) in [5, 5.41) is 2.77. The van der Waals surface area contributed by atoms with Crippen molar-refractivity contribution in [2.75, 3.05) is 0 Å². The van der Waals surface area contributed by atoms with Crippen LogP contribution in [-0.2, 0) is 11.3 Å². The van der Waals surface area contributed by atoms with Crippen LogP contribution >= 0.6 is 0 Å². The van der Waals surface area contributed by atoms with Gasteiger partial charge in [-0.05, 0) is 25.0 Å². The fraction of sp³-hybridized carbons (Fsp3) is 0.222. The molecule has 2 rings (SSSR count). The van der Waals surface area contributed by atoms with Crippen molar-refractivity contribution in [3.05, 3.63) is 71.3 Å². The first-order valence-corrected chi connectivity index (χ1v) is 7.14. The van der Waals surface area contributed by atoms with Gasteiger partial charge < -0.3 is 10.1 Å². The fourth-order valence-electron chi connectivity index (χ4n) is 2.03. The zero-order valence-corrected chi connectivity index (χ0v) is 12.7. The Morgan fingerprint density at radius 1 is 1.05 bits per heavy atom. The number of benzene rings is 2. The van der Waals surface area contributed by atoms with Crippen LogP contribution in [0, 0.1) is 0 Å². The molecule has 4 heteroatoms. The van der Waals surface area contributed by atoms with Crippen LogP contribution < -0.4 is 5.32 Å². The molecule has 0 heterocycles. The lowest BCUT2D eigenvalue weighted by Crippen LogP contribution is -2.27. The van der Waals surface area contributed by atoms with Crippen LogP contribution in [-0.4, -0.2) is 11.9 Å². The molecule has 114 valence electrons. The van der Waals surface area contributed by atoms with Gasteiger partial charge in [-0.1, -0.05) is 54.6 Å². The summed E-state index contributed by atoms with van der Waals surface area (Å²) in [7, 11) is 0. The number of amides is 1. The number of carbonyl (C=O) groups is 2. The first kappa shape index (κ1) is 15.8. The zero-order chi connectivity index (χ0) is 15.9. The van der Waals surface area contributed by atoms with Gasteiger partial charge in [-0.25, -0.2) is 4.79 Å². The minimum Gasteiger partial charge on any atom is -0.445 e. The zero-order valence-electron chi connectivity index (χ0n) is 12.7. The SMILES string of the molecule is CC(=O)c1ccc([C@@H](C)NC(=O)OCc2ccccc2)cc1. The number of hydrogen-bond acceptors (Lipinski definition) is 3. The highest BCUT2D eigenvalue weighted by Gasteiger charge is 2.11. The summed E-state index contributed by atoms with van der Waals surface area (Å²) in [4.78, 5) is 23.0. The summed E-state index contributed by atoms with van der Waals surface area (Å²) < 4.78 is 5.18. The van der Waals surface area contributed by atoms with Gasteiger partial charge in [0.15, 0.2) is 5.78 Å². The van der Waals surface area contributed by atoms with Crippen molar-refractivity contribution in [1.82, 2.24) is 5.32 Å². The molecule has 0 spiro atoms. The largest absolute Gasteiger partial charge is 0.445 e. The van der Waals surface area contributed by atoms with Crippen molar-refractivity contribution < 1.29 is 14.3 Å². The van der Waals surface area contributed by atoms with E-state index in [0.717, 1.165) is 11.1 Å². The van der Waals surface area contributed by atoms with Crippen LogP contribution in [0.2, 0.25) is 0 Å². The molecule has 0 unspecified atom stereocenters. The van der Waals surface area contributed by atoms with Gasteiger partial charge in [-0.3, -0.25) is 4.79 Å². The highest BCUT2D eigenvalue weighted by atomic mass is 16.5. The van der Waals surface area contributed by atoms with Gasteiger partial charge >= 0.3 is 6.09 Å². The maximum absolute atomic E-state index is 11.8. The van der Waals surface area contributed by atoms with E-state index in [9.17, 15) is 9.59 Å². The predicted octanol–water partition coefficient (Wildman–Crippen LogP) is 3.88. The fourth-order valence-corrected chi connectivity index (χ4v) is 2.03. The highest BCUT2D eigenvalue weighted by molar-refractivity contribution is 5.94. The highest BCUT2D eigenvalue weighted by Crippen LogP contribution is 2.14. The molecule has 0 saturated heterocycles. The minimum atomic E-state index is -0.466. The van der Waals surface area contributed by atoms with E-state index < -0.39 is 6.09 Å². The summed E-state index contributed by atoms with van der Waals surface area (Å²) in [6.07, 6.45) is -0.466. The quantitative estimate of drug-likeness (QED) is 0.852. The van der Waals surface area contributed by atoms with Crippen LogP contribution in [0.25, 0.3) is 0 Å². The number of rotatable bonds is 5. The number of carbonyl (C=O) groups excluding carboxylic acids is 2. The molecule has 0 fully saturated rings. The molecule has 1 amide bonds. The Hall–Kier alpha value is -2.62. The molecule has 0 saturated carbocycles. The molecule has 2 aromatic rings. The van der Waals surface area contributed by atoms with E-state index in [1.807, 2.05) is 49.4 Å². The summed E-state index contributed by atoms with van der Waals surface area (Å²) in [6.45, 7) is 3.63. The average Bonchev–Trinajstić information content (AvgIpc) is 2.54. The number of Topliss-reactive ketones (excluding diaryl/α,β-unsaturated/α-hetero) is 1.